The molecule has 4 rings (SSSR count). The normalized spacial score (nSPS) is 27.8. The van der Waals surface area contributed by atoms with E-state index in [1.807, 2.05) is 0 Å². The maximum atomic E-state index is 13.1. The lowest BCUT2D eigenvalue weighted by Crippen LogP contribution is -2.54. The molecule has 8 heteroatoms. The summed E-state index contributed by atoms with van der Waals surface area (Å²) in [5, 5.41) is 2.85. The van der Waals surface area contributed by atoms with Crippen LogP contribution in [0.1, 0.15) is 40.0 Å². The summed E-state index contributed by atoms with van der Waals surface area (Å²) in [6.45, 7) is 5.96. The zero-order valence-corrected chi connectivity index (χ0v) is 16.2. The van der Waals surface area contributed by atoms with E-state index in [9.17, 15) is 14.4 Å². The average Bonchev–Trinajstić information content (AvgIpc) is 3.11. The van der Waals surface area contributed by atoms with E-state index in [1.165, 1.54) is 0 Å². The summed E-state index contributed by atoms with van der Waals surface area (Å²) in [7, 11) is 0. The lowest BCUT2D eigenvalue weighted by atomic mass is 9.64. The standard InChI is InChI=1S/C20H24N2O6/c1-12-7-19(2,3)10-20(8-12)17(24)22(18(25)21-20)9-16(23)28-13-4-5-14-15(6-13)27-11-26-14/h4-6,12H,7-11H2,1-3H3,(H,21,25)/t12-,20+/m0/s1. The number of esters is 1. The molecule has 1 saturated carbocycles. The summed E-state index contributed by atoms with van der Waals surface area (Å²) in [4.78, 5) is 38.8. The Hall–Kier alpha value is -2.77. The fourth-order valence-corrected chi connectivity index (χ4v) is 4.88. The summed E-state index contributed by atoms with van der Waals surface area (Å²) in [6.07, 6.45) is 2.13. The van der Waals surface area contributed by atoms with Crippen LogP contribution < -0.4 is 19.5 Å². The highest BCUT2D eigenvalue weighted by Gasteiger charge is 2.56. The summed E-state index contributed by atoms with van der Waals surface area (Å²) < 4.78 is 15.8. The van der Waals surface area contributed by atoms with Crippen LogP contribution in [0.2, 0.25) is 0 Å². The molecule has 2 aliphatic heterocycles. The molecule has 1 aliphatic carbocycles. The number of imide groups is 1. The molecular weight excluding hydrogens is 364 g/mol. The molecule has 0 radical (unpaired) electrons. The number of hydrogen-bond donors (Lipinski definition) is 1. The van der Waals surface area contributed by atoms with E-state index < -0.39 is 24.1 Å². The van der Waals surface area contributed by atoms with E-state index in [0.29, 0.717) is 30.3 Å². The molecule has 1 aromatic rings. The largest absolute Gasteiger partial charge is 0.454 e. The lowest BCUT2D eigenvalue weighted by Gasteiger charge is -2.43. The highest BCUT2D eigenvalue weighted by atomic mass is 16.7. The Morgan fingerprint density at radius 2 is 2.00 bits per heavy atom. The Balaban J connectivity index is 1.45. The lowest BCUT2D eigenvalue weighted by molar-refractivity contribution is -0.142. The Bertz CT molecular complexity index is 851. The number of carbonyl (C=O) groups is 3. The average molecular weight is 388 g/mol. The second kappa shape index (κ2) is 6.39. The second-order valence-electron chi connectivity index (χ2n) is 8.75. The summed E-state index contributed by atoms with van der Waals surface area (Å²) in [5.74, 6) is 0.585. The van der Waals surface area contributed by atoms with Crippen LogP contribution >= 0.6 is 0 Å². The minimum absolute atomic E-state index is 0.0659. The fraction of sp³-hybridized carbons (Fsp3) is 0.550. The number of urea groups is 1. The predicted molar refractivity (Wildman–Crippen MR) is 98.0 cm³/mol. The number of hydrogen-bond acceptors (Lipinski definition) is 6. The Kier molecular flexibility index (Phi) is 4.24. The molecule has 0 aromatic heterocycles. The number of ether oxygens (including phenoxy) is 3. The van der Waals surface area contributed by atoms with E-state index in [0.717, 1.165) is 11.3 Å². The molecule has 2 atom stereocenters. The molecular formula is C20H24N2O6. The number of amides is 3. The van der Waals surface area contributed by atoms with E-state index in [-0.39, 0.29) is 23.9 Å². The number of benzene rings is 1. The van der Waals surface area contributed by atoms with Gasteiger partial charge in [0.25, 0.3) is 5.91 Å². The maximum Gasteiger partial charge on any atom is 0.331 e. The number of nitrogens with zero attached hydrogens (tertiary/aromatic N) is 1. The predicted octanol–water partition coefficient (Wildman–Crippen LogP) is 2.46. The Labute approximate surface area is 163 Å². The van der Waals surface area contributed by atoms with Crippen molar-refractivity contribution >= 4 is 17.9 Å². The van der Waals surface area contributed by atoms with Crippen LogP contribution in [0.4, 0.5) is 4.79 Å². The van der Waals surface area contributed by atoms with Crippen molar-refractivity contribution < 1.29 is 28.6 Å². The third-order valence-corrected chi connectivity index (χ3v) is 5.49. The molecule has 3 amide bonds. The van der Waals surface area contributed by atoms with Gasteiger partial charge in [-0.2, -0.15) is 0 Å². The zero-order chi connectivity index (χ0) is 20.1. The fourth-order valence-electron chi connectivity index (χ4n) is 4.88. The van der Waals surface area contributed by atoms with Gasteiger partial charge in [0.15, 0.2) is 11.5 Å². The van der Waals surface area contributed by atoms with Gasteiger partial charge in [-0.15, -0.1) is 0 Å². The zero-order valence-electron chi connectivity index (χ0n) is 16.2. The van der Waals surface area contributed by atoms with E-state index in [2.05, 4.69) is 26.1 Å². The third-order valence-electron chi connectivity index (χ3n) is 5.49. The van der Waals surface area contributed by atoms with Crippen LogP contribution in [0.5, 0.6) is 17.2 Å². The topological polar surface area (TPSA) is 94.2 Å². The second-order valence-corrected chi connectivity index (χ2v) is 8.75. The van der Waals surface area contributed by atoms with Crippen molar-refractivity contribution in [1.82, 2.24) is 10.2 Å². The van der Waals surface area contributed by atoms with Gasteiger partial charge in [-0.3, -0.25) is 9.69 Å². The van der Waals surface area contributed by atoms with Gasteiger partial charge in [0, 0.05) is 6.07 Å². The van der Waals surface area contributed by atoms with Crippen LogP contribution in [0.15, 0.2) is 18.2 Å². The van der Waals surface area contributed by atoms with Gasteiger partial charge in [-0.25, -0.2) is 9.59 Å². The van der Waals surface area contributed by atoms with Crippen LogP contribution in [-0.4, -0.2) is 41.7 Å². The summed E-state index contributed by atoms with van der Waals surface area (Å²) in [5.41, 5.74) is -0.999. The number of rotatable bonds is 3. The number of nitrogens with one attached hydrogen (secondary N) is 1. The van der Waals surface area contributed by atoms with Crippen molar-refractivity contribution in [2.45, 2.75) is 45.6 Å². The molecule has 1 spiro atoms. The molecule has 2 fully saturated rings. The van der Waals surface area contributed by atoms with Crippen LogP contribution in [0, 0.1) is 11.3 Å². The van der Waals surface area contributed by atoms with Gasteiger partial charge >= 0.3 is 12.0 Å². The first kappa shape index (κ1) is 18.6. The molecule has 28 heavy (non-hydrogen) atoms. The van der Waals surface area contributed by atoms with Gasteiger partial charge < -0.3 is 19.5 Å². The molecule has 2 heterocycles. The first-order valence-electron chi connectivity index (χ1n) is 9.42. The highest BCUT2D eigenvalue weighted by Crippen LogP contribution is 2.46. The number of carbonyl (C=O) groups excluding carboxylic acids is 3. The monoisotopic (exact) mass is 388 g/mol. The van der Waals surface area contributed by atoms with Gasteiger partial charge in [0.1, 0.15) is 17.8 Å². The summed E-state index contributed by atoms with van der Waals surface area (Å²) in [6, 6.07) is 4.21. The molecule has 8 nitrogen and oxygen atoms in total. The smallest absolute Gasteiger partial charge is 0.331 e. The van der Waals surface area contributed by atoms with E-state index in [1.54, 1.807) is 18.2 Å². The van der Waals surface area contributed by atoms with Gasteiger partial charge in [-0.1, -0.05) is 20.8 Å². The van der Waals surface area contributed by atoms with Crippen LogP contribution in [0.25, 0.3) is 0 Å². The SMILES string of the molecule is C[C@H]1CC(C)(C)C[C@@]2(C1)NC(=O)N(CC(=O)Oc1ccc3c(c1)OCO3)C2=O. The Morgan fingerprint density at radius 3 is 2.75 bits per heavy atom. The molecule has 1 N–H and O–H groups in total. The molecule has 1 saturated heterocycles. The van der Waals surface area contributed by atoms with Crippen LogP contribution in [0.3, 0.4) is 0 Å². The van der Waals surface area contributed by atoms with E-state index >= 15 is 0 Å². The maximum absolute atomic E-state index is 13.1. The third kappa shape index (κ3) is 3.27. The molecule has 3 aliphatic rings. The van der Waals surface area contributed by atoms with Crippen molar-refractivity contribution in [3.8, 4) is 17.2 Å². The molecule has 0 bridgehead atoms. The van der Waals surface area contributed by atoms with Gasteiger partial charge in [0.05, 0.1) is 0 Å². The van der Waals surface area contributed by atoms with Crippen molar-refractivity contribution in [1.29, 1.82) is 0 Å². The molecule has 150 valence electrons. The number of fused-ring (bicyclic) bond motifs is 1. The first-order valence-corrected chi connectivity index (χ1v) is 9.42. The van der Waals surface area contributed by atoms with Crippen molar-refractivity contribution in [3.63, 3.8) is 0 Å². The van der Waals surface area contributed by atoms with Crippen molar-refractivity contribution in [3.05, 3.63) is 18.2 Å². The highest BCUT2D eigenvalue weighted by molar-refractivity contribution is 6.08. The van der Waals surface area contributed by atoms with Gasteiger partial charge in [0.2, 0.25) is 6.79 Å². The quantitative estimate of drug-likeness (QED) is 0.486. The molecule has 1 aromatic carbocycles. The summed E-state index contributed by atoms with van der Waals surface area (Å²) >= 11 is 0. The van der Waals surface area contributed by atoms with E-state index in [4.69, 9.17) is 14.2 Å². The minimum atomic E-state index is -0.933. The first-order chi connectivity index (χ1) is 13.2. The van der Waals surface area contributed by atoms with Crippen LogP contribution in [-0.2, 0) is 9.59 Å². The van der Waals surface area contributed by atoms with Gasteiger partial charge in [-0.05, 0) is 42.7 Å². The Morgan fingerprint density at radius 1 is 1.25 bits per heavy atom. The van der Waals surface area contributed by atoms with Crippen molar-refractivity contribution in [2.24, 2.45) is 11.3 Å². The molecule has 0 unspecified atom stereocenters. The minimum Gasteiger partial charge on any atom is -0.454 e. The van der Waals surface area contributed by atoms with Crippen molar-refractivity contribution in [2.75, 3.05) is 13.3 Å².